The van der Waals surface area contributed by atoms with Crippen molar-refractivity contribution in [3.63, 3.8) is 0 Å². The van der Waals surface area contributed by atoms with Crippen LogP contribution in [-0.4, -0.2) is 31.3 Å². The van der Waals surface area contributed by atoms with E-state index in [-0.39, 0.29) is 12.3 Å². The Kier molecular flexibility index (Phi) is 4.26. The molecule has 0 aromatic carbocycles. The van der Waals surface area contributed by atoms with E-state index < -0.39 is 5.97 Å². The molecule has 2 rings (SSSR count). The van der Waals surface area contributed by atoms with Gasteiger partial charge in [0.25, 0.3) is 0 Å². The molecule has 7 heteroatoms. The minimum atomic E-state index is -0.784. The number of aliphatic carboxylic acids is 1. The first kappa shape index (κ1) is 13.7. The average Bonchev–Trinajstić information content (AvgIpc) is 2.96. The zero-order valence-corrected chi connectivity index (χ0v) is 11.7. The van der Waals surface area contributed by atoms with Gasteiger partial charge < -0.3 is 5.11 Å². The van der Waals surface area contributed by atoms with Gasteiger partial charge in [0.2, 0.25) is 0 Å². The van der Waals surface area contributed by atoms with E-state index >= 15 is 0 Å². The summed E-state index contributed by atoms with van der Waals surface area (Å²) in [6.45, 7) is 4.54. The van der Waals surface area contributed by atoms with Gasteiger partial charge in [0, 0.05) is 17.8 Å². The lowest BCUT2D eigenvalue weighted by molar-refractivity contribution is -0.138. The molecular formula is C12H16N4O2S. The van der Waals surface area contributed by atoms with E-state index in [4.69, 9.17) is 5.11 Å². The third-order valence-corrected chi connectivity index (χ3v) is 3.96. The number of thiophene rings is 1. The molecule has 0 aliphatic heterocycles. The number of carboxylic acid groups (broad SMARTS) is 1. The SMILES string of the molecule is CCC(CC(=O)O)Cn1nnnc1-c1ccc(C)s1. The van der Waals surface area contributed by atoms with Crippen LogP contribution in [-0.2, 0) is 11.3 Å². The highest BCUT2D eigenvalue weighted by Crippen LogP contribution is 2.26. The lowest BCUT2D eigenvalue weighted by atomic mass is 10.0. The predicted molar refractivity (Wildman–Crippen MR) is 71.9 cm³/mol. The first-order valence-electron chi connectivity index (χ1n) is 6.15. The normalized spacial score (nSPS) is 12.5. The first-order chi connectivity index (χ1) is 9.10. The molecule has 0 amide bonds. The maximum absolute atomic E-state index is 10.8. The second-order valence-corrected chi connectivity index (χ2v) is 5.75. The van der Waals surface area contributed by atoms with E-state index in [9.17, 15) is 4.79 Å². The number of carboxylic acids is 1. The molecule has 0 fully saturated rings. The summed E-state index contributed by atoms with van der Waals surface area (Å²) in [6, 6.07) is 4.01. The third-order valence-electron chi connectivity index (χ3n) is 2.96. The fourth-order valence-electron chi connectivity index (χ4n) is 1.89. The molecule has 0 radical (unpaired) electrons. The van der Waals surface area contributed by atoms with Crippen LogP contribution >= 0.6 is 11.3 Å². The Morgan fingerprint density at radius 1 is 1.53 bits per heavy atom. The summed E-state index contributed by atoms with van der Waals surface area (Å²) >= 11 is 1.63. The van der Waals surface area contributed by atoms with Gasteiger partial charge in [-0.25, -0.2) is 4.68 Å². The standard InChI is InChI=1S/C12H16N4O2S/c1-3-9(6-11(17)18)7-16-12(13-14-15-16)10-5-4-8(2)19-10/h4-5,9H,3,6-7H2,1-2H3,(H,17,18). The number of carbonyl (C=O) groups is 1. The number of aryl methyl sites for hydroxylation is 1. The van der Waals surface area contributed by atoms with Gasteiger partial charge >= 0.3 is 5.97 Å². The number of aromatic nitrogens is 4. The van der Waals surface area contributed by atoms with Crippen LogP contribution in [0.15, 0.2) is 12.1 Å². The molecule has 1 atom stereocenters. The van der Waals surface area contributed by atoms with Gasteiger partial charge in [0.1, 0.15) is 0 Å². The third kappa shape index (κ3) is 3.37. The Morgan fingerprint density at radius 3 is 2.89 bits per heavy atom. The van der Waals surface area contributed by atoms with E-state index in [0.29, 0.717) is 12.4 Å². The summed E-state index contributed by atoms with van der Waals surface area (Å²) in [4.78, 5) is 13.0. The van der Waals surface area contributed by atoms with Gasteiger partial charge in [-0.05, 0) is 35.4 Å². The Labute approximate surface area is 115 Å². The zero-order chi connectivity index (χ0) is 13.8. The van der Waals surface area contributed by atoms with Crippen LogP contribution in [0, 0.1) is 12.8 Å². The van der Waals surface area contributed by atoms with Gasteiger partial charge in [-0.3, -0.25) is 4.79 Å². The Hall–Kier alpha value is -1.76. The van der Waals surface area contributed by atoms with Crippen LogP contribution in [0.1, 0.15) is 24.6 Å². The summed E-state index contributed by atoms with van der Waals surface area (Å²) in [5.74, 6) is -0.0313. The van der Waals surface area contributed by atoms with Crippen molar-refractivity contribution < 1.29 is 9.90 Å². The molecule has 0 saturated heterocycles. The van der Waals surface area contributed by atoms with Crippen molar-refractivity contribution >= 4 is 17.3 Å². The first-order valence-corrected chi connectivity index (χ1v) is 6.96. The lowest BCUT2D eigenvalue weighted by Gasteiger charge is -2.12. The predicted octanol–water partition coefficient (Wildman–Crippen LogP) is 2.21. The lowest BCUT2D eigenvalue weighted by Crippen LogP contribution is -2.16. The minimum absolute atomic E-state index is 0.0424. The molecule has 6 nitrogen and oxygen atoms in total. The molecule has 1 N–H and O–H groups in total. The highest BCUT2D eigenvalue weighted by molar-refractivity contribution is 7.15. The molecule has 0 aliphatic carbocycles. The van der Waals surface area contributed by atoms with Crippen molar-refractivity contribution in [1.82, 2.24) is 20.2 Å². The molecule has 0 bridgehead atoms. The molecule has 0 saturated carbocycles. The quantitative estimate of drug-likeness (QED) is 0.877. The summed E-state index contributed by atoms with van der Waals surface area (Å²) in [6.07, 6.45) is 0.925. The Morgan fingerprint density at radius 2 is 2.32 bits per heavy atom. The van der Waals surface area contributed by atoms with Crippen LogP contribution in [0.3, 0.4) is 0 Å². The van der Waals surface area contributed by atoms with Crippen LogP contribution in [0.25, 0.3) is 10.7 Å². The minimum Gasteiger partial charge on any atom is -0.481 e. The van der Waals surface area contributed by atoms with Gasteiger partial charge in [-0.2, -0.15) is 0 Å². The topological polar surface area (TPSA) is 80.9 Å². The number of tetrazole rings is 1. The van der Waals surface area contributed by atoms with Crippen molar-refractivity contribution in [2.24, 2.45) is 5.92 Å². The molecule has 102 valence electrons. The molecular weight excluding hydrogens is 264 g/mol. The van der Waals surface area contributed by atoms with Crippen LogP contribution in [0.4, 0.5) is 0 Å². The van der Waals surface area contributed by atoms with Crippen molar-refractivity contribution in [2.75, 3.05) is 0 Å². The number of rotatable bonds is 6. The van der Waals surface area contributed by atoms with Crippen molar-refractivity contribution in [3.8, 4) is 10.7 Å². The van der Waals surface area contributed by atoms with E-state index in [0.717, 1.165) is 11.3 Å². The summed E-state index contributed by atoms with van der Waals surface area (Å²) < 4.78 is 1.70. The molecule has 2 aromatic heterocycles. The number of hydrogen-bond donors (Lipinski definition) is 1. The van der Waals surface area contributed by atoms with E-state index in [1.165, 1.54) is 4.88 Å². The highest BCUT2D eigenvalue weighted by atomic mass is 32.1. The molecule has 19 heavy (non-hydrogen) atoms. The van der Waals surface area contributed by atoms with E-state index in [2.05, 4.69) is 15.5 Å². The summed E-state index contributed by atoms with van der Waals surface area (Å²) in [5.41, 5.74) is 0. The van der Waals surface area contributed by atoms with Gasteiger partial charge in [-0.1, -0.05) is 13.3 Å². The largest absolute Gasteiger partial charge is 0.481 e. The van der Waals surface area contributed by atoms with Crippen molar-refractivity contribution in [1.29, 1.82) is 0 Å². The van der Waals surface area contributed by atoms with Gasteiger partial charge in [0.05, 0.1) is 4.88 Å². The van der Waals surface area contributed by atoms with E-state index in [1.54, 1.807) is 16.0 Å². The smallest absolute Gasteiger partial charge is 0.303 e. The van der Waals surface area contributed by atoms with Gasteiger partial charge in [-0.15, -0.1) is 16.4 Å². The molecule has 1 unspecified atom stereocenters. The molecule has 2 heterocycles. The fourth-order valence-corrected chi connectivity index (χ4v) is 2.74. The number of hydrogen-bond acceptors (Lipinski definition) is 5. The van der Waals surface area contributed by atoms with Crippen LogP contribution < -0.4 is 0 Å². The Bertz CT molecular complexity index is 564. The molecule has 0 spiro atoms. The maximum Gasteiger partial charge on any atom is 0.303 e. The fraction of sp³-hybridized carbons (Fsp3) is 0.500. The van der Waals surface area contributed by atoms with E-state index in [1.807, 2.05) is 26.0 Å². The zero-order valence-electron chi connectivity index (χ0n) is 10.9. The van der Waals surface area contributed by atoms with Crippen LogP contribution in [0.5, 0.6) is 0 Å². The van der Waals surface area contributed by atoms with Crippen molar-refractivity contribution in [3.05, 3.63) is 17.0 Å². The molecule has 0 aliphatic rings. The summed E-state index contributed by atoms with van der Waals surface area (Å²) in [5, 5.41) is 20.6. The Balaban J connectivity index is 2.17. The number of nitrogens with zero attached hydrogens (tertiary/aromatic N) is 4. The second-order valence-electron chi connectivity index (χ2n) is 4.47. The van der Waals surface area contributed by atoms with Crippen LogP contribution in [0.2, 0.25) is 0 Å². The highest BCUT2D eigenvalue weighted by Gasteiger charge is 2.17. The summed E-state index contributed by atoms with van der Waals surface area (Å²) in [7, 11) is 0. The second kappa shape index (κ2) is 5.92. The molecule has 2 aromatic rings. The monoisotopic (exact) mass is 280 g/mol. The van der Waals surface area contributed by atoms with Crippen molar-refractivity contribution in [2.45, 2.75) is 33.2 Å². The maximum atomic E-state index is 10.8. The average molecular weight is 280 g/mol. The van der Waals surface area contributed by atoms with Gasteiger partial charge in [0.15, 0.2) is 5.82 Å².